The Hall–Kier alpha value is -0.710. The zero-order valence-electron chi connectivity index (χ0n) is 5.50. The Labute approximate surface area is 64.0 Å². The molecule has 1 atom stereocenters. The van der Waals surface area contributed by atoms with Gasteiger partial charge in [0.05, 0.1) is 0 Å². The fourth-order valence-corrected chi connectivity index (χ4v) is 1.01. The van der Waals surface area contributed by atoms with Gasteiger partial charge in [0.15, 0.2) is 0 Å². The Morgan fingerprint density at radius 2 is 2.30 bits per heavy atom. The molecule has 0 aromatic carbocycles. The SMILES string of the molecule is CN1C(=O)NC(CS)C1=O. The van der Waals surface area contributed by atoms with Gasteiger partial charge in [-0.1, -0.05) is 0 Å². The highest BCUT2D eigenvalue weighted by Gasteiger charge is 2.33. The van der Waals surface area contributed by atoms with E-state index in [4.69, 9.17) is 0 Å². The Morgan fingerprint density at radius 3 is 2.50 bits per heavy atom. The normalized spacial score (nSPS) is 25.4. The van der Waals surface area contributed by atoms with Gasteiger partial charge in [-0.25, -0.2) is 4.79 Å². The molecular weight excluding hydrogens is 152 g/mol. The van der Waals surface area contributed by atoms with Crippen LogP contribution in [0.15, 0.2) is 0 Å². The van der Waals surface area contributed by atoms with Gasteiger partial charge in [0.25, 0.3) is 5.91 Å². The largest absolute Gasteiger partial charge is 0.325 e. The number of carbonyl (C=O) groups is 2. The van der Waals surface area contributed by atoms with Crippen molar-refractivity contribution in [2.45, 2.75) is 6.04 Å². The van der Waals surface area contributed by atoms with Crippen molar-refractivity contribution in [3.8, 4) is 0 Å². The molecule has 0 radical (unpaired) electrons. The van der Waals surface area contributed by atoms with Gasteiger partial charge in [-0.2, -0.15) is 12.6 Å². The van der Waals surface area contributed by atoms with E-state index in [1.54, 1.807) is 0 Å². The fraction of sp³-hybridized carbons (Fsp3) is 0.600. The van der Waals surface area contributed by atoms with E-state index in [1.165, 1.54) is 7.05 Å². The maximum atomic E-state index is 10.9. The number of nitrogens with zero attached hydrogens (tertiary/aromatic N) is 1. The number of amides is 3. The summed E-state index contributed by atoms with van der Waals surface area (Å²) in [5.74, 6) is 0.148. The number of urea groups is 1. The van der Waals surface area contributed by atoms with Crippen LogP contribution in [0.5, 0.6) is 0 Å². The minimum Gasteiger partial charge on any atom is -0.325 e. The molecule has 3 amide bonds. The van der Waals surface area contributed by atoms with Crippen molar-refractivity contribution in [1.29, 1.82) is 0 Å². The molecule has 56 valence electrons. The smallest absolute Gasteiger partial charge is 0.324 e. The standard InChI is InChI=1S/C5H8N2O2S/c1-7-4(8)3(2-10)6-5(7)9/h3,10H,2H2,1H3,(H,6,9). The molecule has 0 spiro atoms. The first-order chi connectivity index (χ1) is 4.66. The van der Waals surface area contributed by atoms with Gasteiger partial charge in [-0.3, -0.25) is 9.69 Å². The molecule has 0 bridgehead atoms. The molecule has 4 nitrogen and oxygen atoms in total. The third-order valence-corrected chi connectivity index (χ3v) is 1.78. The molecule has 1 rings (SSSR count). The average molecular weight is 160 g/mol. The highest BCUT2D eigenvalue weighted by molar-refractivity contribution is 7.80. The maximum Gasteiger partial charge on any atom is 0.324 e. The first kappa shape index (κ1) is 7.40. The lowest BCUT2D eigenvalue weighted by molar-refractivity contribution is -0.126. The van der Waals surface area contributed by atoms with Crippen molar-refractivity contribution < 1.29 is 9.59 Å². The summed E-state index contributed by atoms with van der Waals surface area (Å²) in [6, 6.07) is -0.773. The van der Waals surface area contributed by atoms with E-state index in [2.05, 4.69) is 17.9 Å². The number of rotatable bonds is 1. The van der Waals surface area contributed by atoms with Crippen molar-refractivity contribution >= 4 is 24.6 Å². The van der Waals surface area contributed by atoms with Crippen molar-refractivity contribution in [3.05, 3.63) is 0 Å². The lowest BCUT2D eigenvalue weighted by Crippen LogP contribution is -2.30. The summed E-state index contributed by atoms with van der Waals surface area (Å²) in [7, 11) is 1.45. The average Bonchev–Trinajstić information content (AvgIpc) is 2.17. The van der Waals surface area contributed by atoms with Gasteiger partial charge in [-0.05, 0) is 0 Å². The van der Waals surface area contributed by atoms with Gasteiger partial charge in [0.2, 0.25) is 0 Å². The third-order valence-electron chi connectivity index (χ3n) is 1.41. The molecule has 0 aliphatic carbocycles. The van der Waals surface area contributed by atoms with E-state index in [0.717, 1.165) is 4.90 Å². The van der Waals surface area contributed by atoms with Crippen LogP contribution in [-0.2, 0) is 4.79 Å². The molecular formula is C5H8N2O2S. The van der Waals surface area contributed by atoms with E-state index in [0.29, 0.717) is 5.75 Å². The first-order valence-corrected chi connectivity index (χ1v) is 3.49. The molecule has 5 heteroatoms. The quantitative estimate of drug-likeness (QED) is 0.400. The van der Waals surface area contributed by atoms with Crippen LogP contribution in [-0.4, -0.2) is 35.7 Å². The van der Waals surface area contributed by atoms with Gasteiger partial charge in [0, 0.05) is 12.8 Å². The Morgan fingerprint density at radius 1 is 1.70 bits per heavy atom. The van der Waals surface area contributed by atoms with Crippen LogP contribution in [0.2, 0.25) is 0 Å². The molecule has 0 aromatic rings. The lowest BCUT2D eigenvalue weighted by Gasteiger charge is -2.02. The summed E-state index contributed by atoms with van der Waals surface area (Å²) in [5, 5.41) is 2.46. The van der Waals surface area contributed by atoms with Crippen LogP contribution in [0.1, 0.15) is 0 Å². The zero-order chi connectivity index (χ0) is 7.72. The van der Waals surface area contributed by atoms with Crippen LogP contribution >= 0.6 is 12.6 Å². The zero-order valence-corrected chi connectivity index (χ0v) is 6.39. The minimum atomic E-state index is -0.430. The van der Waals surface area contributed by atoms with E-state index in [-0.39, 0.29) is 11.9 Å². The second-order valence-electron chi connectivity index (χ2n) is 2.08. The number of likely N-dealkylation sites (N-methyl/N-ethyl adjacent to an activating group) is 1. The fourth-order valence-electron chi connectivity index (χ4n) is 0.765. The van der Waals surface area contributed by atoms with Crippen LogP contribution in [0, 0.1) is 0 Å². The maximum absolute atomic E-state index is 10.9. The number of imide groups is 1. The van der Waals surface area contributed by atoms with Crippen molar-refractivity contribution in [3.63, 3.8) is 0 Å². The number of nitrogens with one attached hydrogen (secondary N) is 1. The summed E-state index contributed by atoms with van der Waals surface area (Å²) in [6.07, 6.45) is 0. The second-order valence-corrected chi connectivity index (χ2v) is 2.45. The summed E-state index contributed by atoms with van der Waals surface area (Å²) >= 11 is 3.89. The highest BCUT2D eigenvalue weighted by atomic mass is 32.1. The number of carbonyl (C=O) groups excluding carboxylic acids is 2. The summed E-state index contributed by atoms with van der Waals surface area (Å²) < 4.78 is 0. The Balaban J connectivity index is 2.71. The van der Waals surface area contributed by atoms with E-state index in [1.807, 2.05) is 0 Å². The molecule has 0 aromatic heterocycles. The van der Waals surface area contributed by atoms with E-state index >= 15 is 0 Å². The monoisotopic (exact) mass is 160 g/mol. The predicted octanol–water partition coefficient (Wildman–Crippen LogP) is -0.534. The predicted molar refractivity (Wildman–Crippen MR) is 38.9 cm³/mol. The van der Waals surface area contributed by atoms with Crippen molar-refractivity contribution in [1.82, 2.24) is 10.2 Å². The topological polar surface area (TPSA) is 49.4 Å². The molecule has 1 aliphatic rings. The number of thiol groups is 1. The van der Waals surface area contributed by atoms with E-state index in [9.17, 15) is 9.59 Å². The van der Waals surface area contributed by atoms with E-state index < -0.39 is 6.04 Å². The Bertz CT molecular complexity index is 182. The van der Waals surface area contributed by atoms with Gasteiger partial charge < -0.3 is 5.32 Å². The minimum absolute atomic E-state index is 0.208. The summed E-state index contributed by atoms with van der Waals surface area (Å²) in [6.45, 7) is 0. The molecule has 1 unspecified atom stereocenters. The van der Waals surface area contributed by atoms with Crippen LogP contribution < -0.4 is 5.32 Å². The highest BCUT2D eigenvalue weighted by Crippen LogP contribution is 2.03. The molecule has 10 heavy (non-hydrogen) atoms. The summed E-state index contributed by atoms with van der Waals surface area (Å²) in [4.78, 5) is 22.7. The third kappa shape index (κ3) is 0.965. The summed E-state index contributed by atoms with van der Waals surface area (Å²) in [5.41, 5.74) is 0. The van der Waals surface area contributed by atoms with Crippen molar-refractivity contribution in [2.75, 3.05) is 12.8 Å². The second kappa shape index (κ2) is 2.49. The van der Waals surface area contributed by atoms with Crippen molar-refractivity contribution in [2.24, 2.45) is 0 Å². The lowest BCUT2D eigenvalue weighted by atomic mass is 10.3. The molecule has 1 fully saturated rings. The van der Waals surface area contributed by atoms with Crippen LogP contribution in [0.25, 0.3) is 0 Å². The van der Waals surface area contributed by atoms with Crippen LogP contribution in [0.4, 0.5) is 4.79 Å². The number of hydrogen-bond acceptors (Lipinski definition) is 3. The van der Waals surface area contributed by atoms with Gasteiger partial charge >= 0.3 is 6.03 Å². The van der Waals surface area contributed by atoms with Gasteiger partial charge in [0.1, 0.15) is 6.04 Å². The molecule has 1 heterocycles. The molecule has 1 N–H and O–H groups in total. The van der Waals surface area contributed by atoms with Crippen LogP contribution in [0.3, 0.4) is 0 Å². The Kier molecular flexibility index (Phi) is 1.85. The first-order valence-electron chi connectivity index (χ1n) is 2.85. The van der Waals surface area contributed by atoms with Gasteiger partial charge in [-0.15, -0.1) is 0 Å². The number of hydrogen-bond donors (Lipinski definition) is 2. The molecule has 1 saturated heterocycles. The molecule has 1 aliphatic heterocycles. The molecule has 0 saturated carbocycles.